The predicted molar refractivity (Wildman–Crippen MR) is 129 cm³/mol. The van der Waals surface area contributed by atoms with Gasteiger partial charge in [0.2, 0.25) is 0 Å². The van der Waals surface area contributed by atoms with Crippen molar-refractivity contribution in [2.75, 3.05) is 24.5 Å². The first-order valence-electron chi connectivity index (χ1n) is 11.4. The molecule has 1 fully saturated rings. The molecular formula is C25H23FN6OS. The Balaban J connectivity index is 1.19. The van der Waals surface area contributed by atoms with Crippen LogP contribution in [0.15, 0.2) is 53.9 Å². The lowest BCUT2D eigenvalue weighted by molar-refractivity contribution is 0.0708. The third kappa shape index (κ3) is 3.86. The van der Waals surface area contributed by atoms with Crippen LogP contribution in [-0.4, -0.2) is 50.2 Å². The van der Waals surface area contributed by atoms with E-state index in [0.29, 0.717) is 25.2 Å². The van der Waals surface area contributed by atoms with Crippen LogP contribution in [0.2, 0.25) is 0 Å². The summed E-state index contributed by atoms with van der Waals surface area (Å²) < 4.78 is 15.2. The van der Waals surface area contributed by atoms with Gasteiger partial charge >= 0.3 is 0 Å². The van der Waals surface area contributed by atoms with E-state index in [0.717, 1.165) is 41.0 Å². The van der Waals surface area contributed by atoms with Gasteiger partial charge in [0.25, 0.3) is 5.91 Å². The molecule has 2 aromatic carbocycles. The minimum absolute atomic E-state index is 0.135. The number of anilines is 1. The highest BCUT2D eigenvalue weighted by Gasteiger charge is 2.26. The highest BCUT2D eigenvalue weighted by molar-refractivity contribution is 7.13. The molecule has 1 saturated heterocycles. The average Bonchev–Trinajstić information content (AvgIpc) is 3.64. The summed E-state index contributed by atoms with van der Waals surface area (Å²) in [7, 11) is 0. The zero-order valence-corrected chi connectivity index (χ0v) is 19.3. The molecule has 0 radical (unpaired) electrons. The lowest BCUT2D eigenvalue weighted by atomic mass is 10.2. The number of carbonyl (C=O) groups excluding carboxylic acids is 1. The van der Waals surface area contributed by atoms with Crippen LogP contribution < -0.4 is 4.90 Å². The first-order valence-corrected chi connectivity index (χ1v) is 12.3. The molecule has 172 valence electrons. The predicted octanol–water partition coefficient (Wildman–Crippen LogP) is 4.46. The molecule has 0 spiro atoms. The zero-order valence-electron chi connectivity index (χ0n) is 18.5. The number of amides is 1. The zero-order chi connectivity index (χ0) is 23.1. The van der Waals surface area contributed by atoms with Crippen LogP contribution in [0, 0.1) is 5.82 Å². The van der Waals surface area contributed by atoms with Gasteiger partial charge in [-0.2, -0.15) is 0 Å². The van der Waals surface area contributed by atoms with Gasteiger partial charge in [0.15, 0.2) is 11.6 Å². The van der Waals surface area contributed by atoms with E-state index in [1.807, 2.05) is 9.95 Å². The largest absolute Gasteiger partial charge is 0.372 e. The Kier molecular flexibility index (Phi) is 5.33. The molecule has 2 aliphatic heterocycles. The summed E-state index contributed by atoms with van der Waals surface area (Å²) in [5.74, 6) is 0.954. The fraction of sp³-hybridized carbons (Fsp3) is 0.280. The van der Waals surface area contributed by atoms with Crippen molar-refractivity contribution < 1.29 is 9.18 Å². The van der Waals surface area contributed by atoms with Crippen molar-refractivity contribution in [3.05, 3.63) is 71.1 Å². The average molecular weight is 475 g/mol. The van der Waals surface area contributed by atoms with Crippen molar-refractivity contribution in [1.82, 2.24) is 24.6 Å². The Morgan fingerprint density at radius 3 is 2.44 bits per heavy atom. The maximum Gasteiger partial charge on any atom is 0.254 e. The number of aromatic nitrogens is 4. The number of fused-ring (bicyclic) bond motifs is 1. The maximum absolute atomic E-state index is 13.2. The van der Waals surface area contributed by atoms with E-state index in [2.05, 4.69) is 39.4 Å². The number of hydrogen-bond acceptors (Lipinski definition) is 6. The SMILES string of the molecule is O=C(c1ccc(F)cc1)N1CCn2c(nnc2-c2csc(-c3ccc(N4CCCC4)cc3)n2)C1. The van der Waals surface area contributed by atoms with E-state index in [4.69, 9.17) is 4.98 Å². The second kappa shape index (κ2) is 8.64. The van der Waals surface area contributed by atoms with Crippen LogP contribution in [0.3, 0.4) is 0 Å². The Labute approximate surface area is 200 Å². The van der Waals surface area contributed by atoms with Crippen molar-refractivity contribution in [3.8, 4) is 22.1 Å². The Morgan fingerprint density at radius 1 is 0.912 bits per heavy atom. The van der Waals surface area contributed by atoms with Crippen LogP contribution in [-0.2, 0) is 13.1 Å². The third-order valence-electron chi connectivity index (χ3n) is 6.45. The molecule has 0 atom stereocenters. The lowest BCUT2D eigenvalue weighted by Gasteiger charge is -2.27. The molecule has 2 aliphatic rings. The summed E-state index contributed by atoms with van der Waals surface area (Å²) in [5, 5.41) is 11.7. The molecule has 0 bridgehead atoms. The maximum atomic E-state index is 13.2. The number of rotatable bonds is 4. The van der Waals surface area contributed by atoms with Crippen molar-refractivity contribution >= 4 is 22.9 Å². The van der Waals surface area contributed by atoms with E-state index in [-0.39, 0.29) is 11.7 Å². The molecule has 1 amide bonds. The van der Waals surface area contributed by atoms with Crippen LogP contribution in [0.5, 0.6) is 0 Å². The Morgan fingerprint density at radius 2 is 1.68 bits per heavy atom. The molecule has 0 saturated carbocycles. The molecule has 7 nitrogen and oxygen atoms in total. The second-order valence-electron chi connectivity index (χ2n) is 8.60. The minimum Gasteiger partial charge on any atom is -0.372 e. The van der Waals surface area contributed by atoms with E-state index < -0.39 is 0 Å². The summed E-state index contributed by atoms with van der Waals surface area (Å²) in [4.78, 5) is 21.8. The van der Waals surface area contributed by atoms with Gasteiger partial charge in [-0.1, -0.05) is 0 Å². The highest BCUT2D eigenvalue weighted by Crippen LogP contribution is 2.31. The number of halogens is 1. The van der Waals surface area contributed by atoms with Crippen LogP contribution in [0.1, 0.15) is 29.0 Å². The number of thiazole rings is 1. The van der Waals surface area contributed by atoms with Crippen molar-refractivity contribution in [1.29, 1.82) is 0 Å². The van der Waals surface area contributed by atoms with Crippen LogP contribution >= 0.6 is 11.3 Å². The molecule has 4 heterocycles. The van der Waals surface area contributed by atoms with Crippen molar-refractivity contribution in [2.24, 2.45) is 0 Å². The number of nitrogens with zero attached hydrogens (tertiary/aromatic N) is 6. The van der Waals surface area contributed by atoms with Crippen LogP contribution in [0.4, 0.5) is 10.1 Å². The number of benzene rings is 2. The third-order valence-corrected chi connectivity index (χ3v) is 7.34. The van der Waals surface area contributed by atoms with Gasteiger partial charge in [-0.15, -0.1) is 21.5 Å². The fourth-order valence-corrected chi connectivity index (χ4v) is 5.40. The van der Waals surface area contributed by atoms with Gasteiger partial charge in [0, 0.05) is 48.4 Å². The highest BCUT2D eigenvalue weighted by atomic mass is 32.1. The van der Waals surface area contributed by atoms with Crippen molar-refractivity contribution in [2.45, 2.75) is 25.9 Å². The summed E-state index contributed by atoms with van der Waals surface area (Å²) in [6.07, 6.45) is 2.52. The van der Waals surface area contributed by atoms with Crippen molar-refractivity contribution in [3.63, 3.8) is 0 Å². The first kappa shape index (κ1) is 21.0. The fourth-order valence-electron chi connectivity index (χ4n) is 4.59. The van der Waals surface area contributed by atoms with E-state index >= 15 is 0 Å². The van der Waals surface area contributed by atoms with Gasteiger partial charge < -0.3 is 14.4 Å². The molecule has 0 unspecified atom stereocenters. The number of carbonyl (C=O) groups is 1. The van der Waals surface area contributed by atoms with E-state index in [9.17, 15) is 9.18 Å². The molecule has 34 heavy (non-hydrogen) atoms. The van der Waals surface area contributed by atoms with E-state index in [1.165, 1.54) is 42.8 Å². The standard InChI is InChI=1S/C25H23FN6OS/c26-19-7-3-18(4-8-19)25(33)31-13-14-32-22(15-31)28-29-23(32)21-16-34-24(27-21)17-5-9-20(10-6-17)30-11-1-2-12-30/h3-10,16H,1-2,11-15H2. The van der Waals surface area contributed by atoms with Gasteiger partial charge in [-0.25, -0.2) is 9.37 Å². The molecule has 9 heteroatoms. The molecule has 6 rings (SSSR count). The number of hydrogen-bond donors (Lipinski definition) is 0. The molecule has 0 aliphatic carbocycles. The van der Waals surface area contributed by atoms with Crippen LogP contribution in [0.25, 0.3) is 22.1 Å². The first-order chi connectivity index (χ1) is 16.7. The minimum atomic E-state index is -0.357. The van der Waals surface area contributed by atoms with Gasteiger partial charge in [-0.05, 0) is 61.4 Å². The normalized spacial score (nSPS) is 15.6. The summed E-state index contributed by atoms with van der Waals surface area (Å²) >= 11 is 1.59. The molecular weight excluding hydrogens is 451 g/mol. The lowest BCUT2D eigenvalue weighted by Crippen LogP contribution is -2.38. The summed E-state index contributed by atoms with van der Waals surface area (Å²) in [5.41, 5.74) is 3.62. The topological polar surface area (TPSA) is 67.2 Å². The van der Waals surface area contributed by atoms with E-state index in [1.54, 1.807) is 16.2 Å². The summed E-state index contributed by atoms with van der Waals surface area (Å²) in [6, 6.07) is 14.2. The van der Waals surface area contributed by atoms with Gasteiger partial charge in [0.1, 0.15) is 16.5 Å². The molecule has 4 aromatic rings. The van der Waals surface area contributed by atoms with Gasteiger partial charge in [-0.3, -0.25) is 4.79 Å². The Bertz CT molecular complexity index is 1320. The Hall–Kier alpha value is -3.59. The summed E-state index contributed by atoms with van der Waals surface area (Å²) in [6.45, 7) is 3.74. The quantitative estimate of drug-likeness (QED) is 0.437. The second-order valence-corrected chi connectivity index (χ2v) is 9.46. The monoisotopic (exact) mass is 474 g/mol. The van der Waals surface area contributed by atoms with Gasteiger partial charge in [0.05, 0.1) is 6.54 Å². The molecule has 0 N–H and O–H groups in total. The smallest absolute Gasteiger partial charge is 0.254 e. The molecule has 2 aromatic heterocycles.